The Labute approximate surface area is 105 Å². The van der Waals surface area contributed by atoms with Crippen molar-refractivity contribution in [1.29, 1.82) is 0 Å². The molecule has 3 nitrogen and oxygen atoms in total. The van der Waals surface area contributed by atoms with Gasteiger partial charge in [-0.2, -0.15) is 0 Å². The van der Waals surface area contributed by atoms with Crippen molar-refractivity contribution < 1.29 is 0 Å². The molecule has 3 N–H and O–H groups in total. The zero-order valence-corrected chi connectivity index (χ0v) is 11.0. The highest BCUT2D eigenvalue weighted by atomic mass is 32.1. The van der Waals surface area contributed by atoms with Crippen molar-refractivity contribution in [2.45, 2.75) is 38.6 Å². The van der Waals surface area contributed by atoms with E-state index < -0.39 is 0 Å². The third kappa shape index (κ3) is 1.86. The van der Waals surface area contributed by atoms with Crippen LogP contribution in [-0.2, 0) is 0 Å². The number of benzene rings is 1. The minimum absolute atomic E-state index is 0.229. The van der Waals surface area contributed by atoms with Crippen LogP contribution in [0.2, 0.25) is 0 Å². The lowest BCUT2D eigenvalue weighted by molar-refractivity contribution is 0.307. The van der Waals surface area contributed by atoms with E-state index in [0.29, 0.717) is 0 Å². The van der Waals surface area contributed by atoms with E-state index in [1.165, 1.54) is 24.0 Å². The summed E-state index contributed by atoms with van der Waals surface area (Å²) in [6.07, 6.45) is 3.75. The molecule has 0 saturated heterocycles. The van der Waals surface area contributed by atoms with Crippen LogP contribution in [0.3, 0.4) is 0 Å². The molecule has 0 bridgehead atoms. The van der Waals surface area contributed by atoms with Gasteiger partial charge in [0, 0.05) is 5.54 Å². The number of aromatic nitrogens is 1. The highest BCUT2D eigenvalue weighted by Gasteiger charge is 2.31. The first-order valence-electron chi connectivity index (χ1n) is 6.01. The molecule has 3 rings (SSSR count). The van der Waals surface area contributed by atoms with Gasteiger partial charge in [0.25, 0.3) is 0 Å². The number of nitrogens with two attached hydrogens (primary N) is 1. The number of thiazole rings is 1. The minimum atomic E-state index is 0.229. The topological polar surface area (TPSA) is 50.9 Å². The second-order valence-corrected chi connectivity index (χ2v) is 6.41. The van der Waals surface area contributed by atoms with Crippen molar-refractivity contribution in [3.05, 3.63) is 17.1 Å². The van der Waals surface area contributed by atoms with Crippen molar-refractivity contribution in [2.24, 2.45) is 0 Å². The summed E-state index contributed by atoms with van der Waals surface area (Å²) < 4.78 is 1.17. The maximum atomic E-state index is 6.10. The number of fused-ring (bicyclic) bond motifs is 1. The monoisotopic (exact) mass is 247 g/mol. The highest BCUT2D eigenvalue weighted by Crippen LogP contribution is 2.38. The number of nitrogens with zero attached hydrogens (tertiary/aromatic N) is 1. The van der Waals surface area contributed by atoms with E-state index in [1.807, 2.05) is 13.0 Å². The number of hydrogen-bond donors (Lipinski definition) is 2. The number of hydrogen-bond acceptors (Lipinski definition) is 4. The summed E-state index contributed by atoms with van der Waals surface area (Å²) in [5.74, 6) is 0. The third-order valence-corrected chi connectivity index (χ3v) is 4.49. The zero-order chi connectivity index (χ0) is 12.0. The quantitative estimate of drug-likeness (QED) is 0.798. The highest BCUT2D eigenvalue weighted by molar-refractivity contribution is 7.18. The Hall–Kier alpha value is -1.29. The number of aryl methyl sites for hydroxylation is 1. The van der Waals surface area contributed by atoms with Crippen LogP contribution in [0.4, 0.5) is 11.4 Å². The van der Waals surface area contributed by atoms with E-state index in [1.54, 1.807) is 11.3 Å². The predicted molar refractivity (Wildman–Crippen MR) is 74.6 cm³/mol. The second kappa shape index (κ2) is 3.60. The second-order valence-electron chi connectivity index (χ2n) is 5.18. The van der Waals surface area contributed by atoms with Crippen molar-refractivity contribution >= 4 is 32.9 Å². The minimum Gasteiger partial charge on any atom is -0.397 e. The van der Waals surface area contributed by atoms with Crippen LogP contribution >= 0.6 is 11.3 Å². The number of nitrogen functional groups attached to an aromatic ring is 1. The molecule has 1 aliphatic rings. The fourth-order valence-electron chi connectivity index (χ4n) is 2.37. The molecule has 4 heteroatoms. The van der Waals surface area contributed by atoms with Gasteiger partial charge in [0.2, 0.25) is 0 Å². The summed E-state index contributed by atoms with van der Waals surface area (Å²) in [7, 11) is 0. The van der Waals surface area contributed by atoms with E-state index in [-0.39, 0.29) is 5.54 Å². The summed E-state index contributed by atoms with van der Waals surface area (Å²) in [5.41, 5.74) is 9.24. The Balaban J connectivity index is 2.00. The Bertz CT molecular complexity index is 569. The molecule has 17 heavy (non-hydrogen) atoms. The average Bonchev–Trinajstić information content (AvgIpc) is 2.55. The van der Waals surface area contributed by atoms with Gasteiger partial charge >= 0.3 is 0 Å². The molecule has 0 amide bonds. The summed E-state index contributed by atoms with van der Waals surface area (Å²) in [4.78, 5) is 4.51. The van der Waals surface area contributed by atoms with Crippen LogP contribution in [0.1, 0.15) is 31.2 Å². The standard InChI is InChI=1S/C13H17N3S/c1-8-15-11-7-10(9(14)6-12(11)17-8)16-13(2)4-3-5-13/h6-7,16H,3-5,14H2,1-2H3. The van der Waals surface area contributed by atoms with Gasteiger partial charge in [-0.3, -0.25) is 0 Å². The maximum Gasteiger partial charge on any atom is 0.0907 e. The average molecular weight is 247 g/mol. The van der Waals surface area contributed by atoms with Gasteiger partial charge in [0.05, 0.1) is 26.6 Å². The molecule has 90 valence electrons. The molecular weight excluding hydrogens is 230 g/mol. The summed E-state index contributed by atoms with van der Waals surface area (Å²) in [6.45, 7) is 4.29. The Kier molecular flexibility index (Phi) is 2.30. The molecule has 1 saturated carbocycles. The Morgan fingerprint density at radius 1 is 1.41 bits per heavy atom. The molecule has 0 atom stereocenters. The molecule has 0 aliphatic heterocycles. The van der Waals surface area contributed by atoms with Crippen molar-refractivity contribution in [3.63, 3.8) is 0 Å². The smallest absolute Gasteiger partial charge is 0.0907 e. The first-order valence-corrected chi connectivity index (χ1v) is 6.82. The summed E-state index contributed by atoms with van der Waals surface area (Å²) >= 11 is 1.69. The number of anilines is 2. The van der Waals surface area contributed by atoms with Gasteiger partial charge in [0.15, 0.2) is 0 Å². The van der Waals surface area contributed by atoms with E-state index in [4.69, 9.17) is 5.73 Å². The lowest BCUT2D eigenvalue weighted by Crippen LogP contribution is -2.41. The van der Waals surface area contributed by atoms with Crippen LogP contribution in [0, 0.1) is 6.92 Å². The van der Waals surface area contributed by atoms with Crippen molar-refractivity contribution in [3.8, 4) is 0 Å². The fourth-order valence-corrected chi connectivity index (χ4v) is 3.23. The first-order chi connectivity index (χ1) is 8.06. The van der Waals surface area contributed by atoms with Gasteiger partial charge in [-0.25, -0.2) is 4.98 Å². The normalized spacial score (nSPS) is 18.0. The Morgan fingerprint density at radius 3 is 2.82 bits per heavy atom. The molecule has 0 spiro atoms. The van der Waals surface area contributed by atoms with Crippen LogP contribution in [0.5, 0.6) is 0 Å². The molecule has 0 radical (unpaired) electrons. The van der Waals surface area contributed by atoms with Gasteiger partial charge in [-0.1, -0.05) is 0 Å². The molecular formula is C13H17N3S. The summed E-state index contributed by atoms with van der Waals surface area (Å²) in [6, 6.07) is 4.11. The van der Waals surface area contributed by atoms with Crippen LogP contribution in [0.15, 0.2) is 12.1 Å². The Morgan fingerprint density at radius 2 is 2.18 bits per heavy atom. The zero-order valence-electron chi connectivity index (χ0n) is 10.2. The molecule has 0 unspecified atom stereocenters. The van der Waals surface area contributed by atoms with Gasteiger partial charge in [-0.15, -0.1) is 11.3 Å². The van der Waals surface area contributed by atoms with Gasteiger partial charge < -0.3 is 11.1 Å². The van der Waals surface area contributed by atoms with E-state index in [0.717, 1.165) is 21.9 Å². The van der Waals surface area contributed by atoms with Crippen molar-refractivity contribution in [1.82, 2.24) is 4.98 Å². The fraction of sp³-hybridized carbons (Fsp3) is 0.462. The molecule has 1 aromatic heterocycles. The molecule has 1 aliphatic carbocycles. The first kappa shape index (κ1) is 10.8. The van der Waals surface area contributed by atoms with Gasteiger partial charge in [0.1, 0.15) is 0 Å². The van der Waals surface area contributed by atoms with E-state index in [2.05, 4.69) is 23.3 Å². The largest absolute Gasteiger partial charge is 0.397 e. The van der Waals surface area contributed by atoms with E-state index >= 15 is 0 Å². The lowest BCUT2D eigenvalue weighted by Gasteiger charge is -2.40. The third-order valence-electron chi connectivity index (χ3n) is 3.56. The molecule has 1 aromatic carbocycles. The molecule has 1 heterocycles. The van der Waals surface area contributed by atoms with Crippen LogP contribution in [-0.4, -0.2) is 10.5 Å². The maximum absolute atomic E-state index is 6.10. The lowest BCUT2D eigenvalue weighted by atomic mass is 9.78. The molecule has 1 fully saturated rings. The van der Waals surface area contributed by atoms with Crippen molar-refractivity contribution in [2.75, 3.05) is 11.1 Å². The van der Waals surface area contributed by atoms with Gasteiger partial charge in [-0.05, 0) is 45.2 Å². The van der Waals surface area contributed by atoms with Crippen LogP contribution in [0.25, 0.3) is 10.2 Å². The predicted octanol–water partition coefficient (Wildman–Crippen LogP) is 3.54. The molecule has 2 aromatic rings. The van der Waals surface area contributed by atoms with Crippen LogP contribution < -0.4 is 11.1 Å². The summed E-state index contributed by atoms with van der Waals surface area (Å²) in [5, 5.41) is 4.65. The number of nitrogens with one attached hydrogen (secondary N) is 1. The number of rotatable bonds is 2. The SMILES string of the molecule is Cc1nc2cc(NC3(C)CCC3)c(N)cc2s1. The van der Waals surface area contributed by atoms with E-state index in [9.17, 15) is 0 Å².